The normalized spacial score (nSPS) is 9.07. The number of ether oxygens (including phenoxy) is 1. The van der Waals surface area contributed by atoms with Crippen LogP contribution in [0, 0.1) is 6.92 Å². The molecule has 3 N–H and O–H groups in total. The maximum absolute atomic E-state index is 5.45. The van der Waals surface area contributed by atoms with Gasteiger partial charge in [-0.25, -0.2) is 0 Å². The Kier molecular flexibility index (Phi) is 8.82. The third-order valence-corrected chi connectivity index (χ3v) is 1.61. The van der Waals surface area contributed by atoms with E-state index < -0.39 is 0 Å². The summed E-state index contributed by atoms with van der Waals surface area (Å²) >= 11 is 0. The molecule has 0 aliphatic carbocycles. The highest BCUT2D eigenvalue weighted by atomic mass is 16.5. The number of benzene rings is 1. The van der Waals surface area contributed by atoms with Crippen molar-refractivity contribution >= 4 is 0 Å². The zero-order valence-corrected chi connectivity index (χ0v) is 9.92. The summed E-state index contributed by atoms with van der Waals surface area (Å²) in [4.78, 5) is 0. The minimum absolute atomic E-state index is 0.686. The molecule has 3 nitrogen and oxygen atoms in total. The SMILES string of the molecule is CNC.Cc1cccc(OCCCN)c1. The minimum Gasteiger partial charge on any atom is -0.494 e. The molecule has 0 radical (unpaired) electrons. The van der Waals surface area contributed by atoms with Gasteiger partial charge in [0.25, 0.3) is 0 Å². The number of hydrogen-bond donors (Lipinski definition) is 2. The zero-order valence-electron chi connectivity index (χ0n) is 9.92. The van der Waals surface area contributed by atoms with Gasteiger partial charge in [-0.2, -0.15) is 0 Å². The summed E-state index contributed by atoms with van der Waals surface area (Å²) < 4.78 is 5.45. The van der Waals surface area contributed by atoms with Gasteiger partial charge < -0.3 is 15.8 Å². The Hall–Kier alpha value is -1.06. The van der Waals surface area contributed by atoms with E-state index in [1.165, 1.54) is 5.56 Å². The largest absolute Gasteiger partial charge is 0.494 e. The fourth-order valence-corrected chi connectivity index (χ4v) is 0.978. The highest BCUT2D eigenvalue weighted by Gasteiger charge is 1.91. The molecular formula is C12H22N2O. The van der Waals surface area contributed by atoms with E-state index in [9.17, 15) is 0 Å². The third-order valence-electron chi connectivity index (χ3n) is 1.61. The lowest BCUT2D eigenvalue weighted by molar-refractivity contribution is 0.313. The predicted octanol–water partition coefficient (Wildman–Crippen LogP) is 1.56. The van der Waals surface area contributed by atoms with Crippen LogP contribution in [0.2, 0.25) is 0 Å². The van der Waals surface area contributed by atoms with Crippen LogP contribution in [0.25, 0.3) is 0 Å². The summed E-state index contributed by atoms with van der Waals surface area (Å²) in [7, 11) is 3.75. The van der Waals surface area contributed by atoms with Crippen LogP contribution in [0.15, 0.2) is 24.3 Å². The Labute approximate surface area is 92.6 Å². The van der Waals surface area contributed by atoms with Crippen LogP contribution in [-0.4, -0.2) is 27.2 Å². The van der Waals surface area contributed by atoms with Gasteiger partial charge >= 0.3 is 0 Å². The first-order valence-electron chi connectivity index (χ1n) is 5.22. The molecule has 1 aromatic rings. The second kappa shape index (κ2) is 9.49. The molecule has 3 heteroatoms. The van der Waals surface area contributed by atoms with Gasteiger partial charge in [0.05, 0.1) is 6.61 Å². The average Bonchev–Trinajstić information content (AvgIpc) is 2.19. The van der Waals surface area contributed by atoms with Crippen molar-refractivity contribution in [1.29, 1.82) is 0 Å². The summed E-state index contributed by atoms with van der Waals surface area (Å²) in [5.74, 6) is 0.934. The van der Waals surface area contributed by atoms with E-state index in [0.29, 0.717) is 13.2 Å². The lowest BCUT2D eigenvalue weighted by Gasteiger charge is -2.04. The second-order valence-electron chi connectivity index (χ2n) is 3.31. The summed E-state index contributed by atoms with van der Waals surface area (Å²) in [6.45, 7) is 3.45. The highest BCUT2D eigenvalue weighted by molar-refractivity contribution is 5.27. The highest BCUT2D eigenvalue weighted by Crippen LogP contribution is 2.11. The Morgan fingerprint density at radius 1 is 1.33 bits per heavy atom. The Morgan fingerprint density at radius 3 is 2.53 bits per heavy atom. The van der Waals surface area contributed by atoms with Crippen molar-refractivity contribution in [3.63, 3.8) is 0 Å². The second-order valence-corrected chi connectivity index (χ2v) is 3.31. The molecule has 0 amide bonds. The Bertz CT molecular complexity index is 251. The van der Waals surface area contributed by atoms with Crippen molar-refractivity contribution in [1.82, 2.24) is 5.32 Å². The fourth-order valence-electron chi connectivity index (χ4n) is 0.978. The van der Waals surface area contributed by atoms with Gasteiger partial charge in [0.1, 0.15) is 5.75 Å². The number of aryl methyl sites for hydroxylation is 1. The molecule has 1 rings (SSSR count). The van der Waals surface area contributed by atoms with Crippen LogP contribution >= 0.6 is 0 Å². The van der Waals surface area contributed by atoms with Gasteiger partial charge in [0.15, 0.2) is 0 Å². The van der Waals surface area contributed by atoms with Crippen LogP contribution in [0.1, 0.15) is 12.0 Å². The van der Waals surface area contributed by atoms with Crippen LogP contribution in [0.5, 0.6) is 5.75 Å². The monoisotopic (exact) mass is 210 g/mol. The molecule has 0 fully saturated rings. The molecule has 0 atom stereocenters. The van der Waals surface area contributed by atoms with Gasteiger partial charge in [-0.15, -0.1) is 0 Å². The minimum atomic E-state index is 0.686. The van der Waals surface area contributed by atoms with Crippen LogP contribution in [0.3, 0.4) is 0 Å². The summed E-state index contributed by atoms with van der Waals surface area (Å²) in [5, 5.41) is 2.75. The van der Waals surface area contributed by atoms with Crippen LogP contribution in [-0.2, 0) is 0 Å². The molecule has 0 aliphatic heterocycles. The van der Waals surface area contributed by atoms with Crippen molar-refractivity contribution in [2.45, 2.75) is 13.3 Å². The predicted molar refractivity (Wildman–Crippen MR) is 65.3 cm³/mol. The van der Waals surface area contributed by atoms with Crippen molar-refractivity contribution in [3.8, 4) is 5.75 Å². The van der Waals surface area contributed by atoms with Crippen LogP contribution in [0.4, 0.5) is 0 Å². The Balaban J connectivity index is 0.000000583. The number of nitrogens with one attached hydrogen (secondary N) is 1. The van der Waals surface area contributed by atoms with Crippen molar-refractivity contribution in [2.75, 3.05) is 27.2 Å². The lowest BCUT2D eigenvalue weighted by atomic mass is 10.2. The zero-order chi connectivity index (χ0) is 11.5. The molecular weight excluding hydrogens is 188 g/mol. The van der Waals surface area contributed by atoms with E-state index in [2.05, 4.69) is 18.3 Å². The van der Waals surface area contributed by atoms with E-state index in [1.54, 1.807) is 0 Å². The van der Waals surface area contributed by atoms with Gasteiger partial charge in [-0.05, 0) is 51.7 Å². The molecule has 0 saturated carbocycles. The van der Waals surface area contributed by atoms with E-state index in [1.807, 2.05) is 32.3 Å². The van der Waals surface area contributed by atoms with E-state index in [4.69, 9.17) is 10.5 Å². The first-order valence-corrected chi connectivity index (χ1v) is 5.22. The first-order chi connectivity index (χ1) is 7.24. The van der Waals surface area contributed by atoms with Gasteiger partial charge in [0, 0.05) is 0 Å². The molecule has 0 aromatic heterocycles. The maximum atomic E-state index is 5.45. The van der Waals surface area contributed by atoms with Gasteiger partial charge in [0.2, 0.25) is 0 Å². The standard InChI is InChI=1S/C10H15NO.C2H7N/c1-9-4-2-5-10(8-9)12-7-3-6-11;1-3-2/h2,4-5,8H,3,6-7,11H2,1H3;3H,1-2H3. The van der Waals surface area contributed by atoms with Crippen molar-refractivity contribution in [2.24, 2.45) is 5.73 Å². The molecule has 0 aliphatic rings. The summed E-state index contributed by atoms with van der Waals surface area (Å²) in [6.07, 6.45) is 0.911. The quantitative estimate of drug-likeness (QED) is 0.741. The van der Waals surface area contributed by atoms with Crippen molar-refractivity contribution < 1.29 is 4.74 Å². The van der Waals surface area contributed by atoms with E-state index in [0.717, 1.165) is 12.2 Å². The summed E-state index contributed by atoms with van der Waals surface area (Å²) in [5.41, 5.74) is 6.57. The maximum Gasteiger partial charge on any atom is 0.119 e. The molecule has 0 heterocycles. The molecule has 0 bridgehead atoms. The first kappa shape index (κ1) is 13.9. The molecule has 15 heavy (non-hydrogen) atoms. The smallest absolute Gasteiger partial charge is 0.119 e. The lowest BCUT2D eigenvalue weighted by Crippen LogP contribution is -2.05. The van der Waals surface area contributed by atoms with Gasteiger partial charge in [-0.3, -0.25) is 0 Å². The molecule has 0 unspecified atom stereocenters. The topological polar surface area (TPSA) is 47.3 Å². The molecule has 0 saturated heterocycles. The van der Waals surface area contributed by atoms with Gasteiger partial charge in [-0.1, -0.05) is 12.1 Å². The molecule has 86 valence electrons. The van der Waals surface area contributed by atoms with E-state index >= 15 is 0 Å². The average molecular weight is 210 g/mol. The number of nitrogens with two attached hydrogens (primary N) is 1. The molecule has 1 aromatic carbocycles. The molecule has 0 spiro atoms. The Morgan fingerprint density at radius 2 is 2.00 bits per heavy atom. The summed E-state index contributed by atoms with van der Waals surface area (Å²) in [6, 6.07) is 8.03. The number of hydrogen-bond acceptors (Lipinski definition) is 3. The third kappa shape index (κ3) is 7.97. The van der Waals surface area contributed by atoms with E-state index in [-0.39, 0.29) is 0 Å². The van der Waals surface area contributed by atoms with Crippen LogP contribution < -0.4 is 15.8 Å². The fraction of sp³-hybridized carbons (Fsp3) is 0.500. The van der Waals surface area contributed by atoms with Crippen molar-refractivity contribution in [3.05, 3.63) is 29.8 Å². The number of rotatable bonds is 4.